The molecule has 0 saturated heterocycles. The van der Waals surface area contributed by atoms with Crippen LogP contribution < -0.4 is 20.1 Å². The normalized spacial score (nSPS) is 17.8. The van der Waals surface area contributed by atoms with Crippen LogP contribution in [0.25, 0.3) is 11.3 Å². The van der Waals surface area contributed by atoms with Crippen molar-refractivity contribution < 1.29 is 14.3 Å². The Balaban J connectivity index is 1.52. The molecule has 130 valence electrons. The topological polar surface area (TPSA) is 88.3 Å². The van der Waals surface area contributed by atoms with E-state index in [-0.39, 0.29) is 12.1 Å². The van der Waals surface area contributed by atoms with Crippen LogP contribution in [0, 0.1) is 0 Å². The molecule has 26 heavy (non-hydrogen) atoms. The number of rotatable bonds is 2. The summed E-state index contributed by atoms with van der Waals surface area (Å²) < 4.78 is 11.2. The molecule has 0 fully saturated rings. The molecular weight excluding hydrogens is 332 g/mol. The van der Waals surface area contributed by atoms with Crippen molar-refractivity contribution in [2.24, 2.45) is 0 Å². The predicted octanol–water partition coefficient (Wildman–Crippen LogP) is 2.70. The summed E-state index contributed by atoms with van der Waals surface area (Å²) in [5.41, 5.74) is 4.02. The van der Waals surface area contributed by atoms with E-state index in [2.05, 4.69) is 20.8 Å². The van der Waals surface area contributed by atoms with Gasteiger partial charge in [0.25, 0.3) is 5.91 Å². The van der Waals surface area contributed by atoms with Crippen molar-refractivity contribution >= 4 is 11.6 Å². The lowest BCUT2D eigenvalue weighted by Crippen LogP contribution is -2.38. The lowest BCUT2D eigenvalue weighted by molar-refractivity contribution is 0.0936. The highest BCUT2D eigenvalue weighted by Gasteiger charge is 2.27. The summed E-state index contributed by atoms with van der Waals surface area (Å²) in [4.78, 5) is 12.4. The number of carbonyl (C=O) groups excluding carboxylic acids is 1. The number of fused-ring (bicyclic) bond motifs is 2. The predicted molar refractivity (Wildman–Crippen MR) is 95.3 cm³/mol. The van der Waals surface area contributed by atoms with Crippen molar-refractivity contribution in [1.82, 2.24) is 15.5 Å². The Morgan fingerprint density at radius 1 is 1.00 bits per heavy atom. The molecule has 0 aliphatic carbocycles. The fourth-order valence-corrected chi connectivity index (χ4v) is 3.31. The van der Waals surface area contributed by atoms with Gasteiger partial charge in [-0.25, -0.2) is 0 Å². The van der Waals surface area contributed by atoms with E-state index < -0.39 is 0 Å². The van der Waals surface area contributed by atoms with Crippen LogP contribution in [0.2, 0.25) is 0 Å². The summed E-state index contributed by atoms with van der Waals surface area (Å²) in [5, 5.41) is 13.5. The number of anilines is 1. The number of nitrogens with zero attached hydrogens (tertiary/aromatic N) is 1. The van der Waals surface area contributed by atoms with E-state index in [9.17, 15) is 4.79 Å². The van der Waals surface area contributed by atoms with Gasteiger partial charge in [-0.1, -0.05) is 12.1 Å². The first-order chi connectivity index (χ1) is 12.8. The van der Waals surface area contributed by atoms with Gasteiger partial charge in [-0.2, -0.15) is 5.10 Å². The lowest BCUT2D eigenvalue weighted by atomic mass is 10.0. The zero-order chi connectivity index (χ0) is 17.5. The van der Waals surface area contributed by atoms with Gasteiger partial charge < -0.3 is 20.1 Å². The number of H-pyrrole nitrogens is 1. The smallest absolute Gasteiger partial charge is 0.255 e. The van der Waals surface area contributed by atoms with Crippen molar-refractivity contribution in [3.63, 3.8) is 0 Å². The van der Waals surface area contributed by atoms with Gasteiger partial charge in [0.15, 0.2) is 11.5 Å². The fraction of sp³-hybridized carbons (Fsp3) is 0.158. The second-order valence-electron chi connectivity index (χ2n) is 6.16. The highest BCUT2D eigenvalue weighted by molar-refractivity contribution is 6.01. The fourth-order valence-electron chi connectivity index (χ4n) is 3.31. The number of aromatic nitrogens is 2. The minimum Gasteiger partial charge on any atom is -0.486 e. The minimum absolute atomic E-state index is 0.112. The molecule has 0 unspecified atom stereocenters. The van der Waals surface area contributed by atoms with Gasteiger partial charge in [0.2, 0.25) is 0 Å². The molecule has 1 aromatic heterocycles. The lowest BCUT2D eigenvalue weighted by Gasteiger charge is -2.28. The number of hydrogen-bond acceptors (Lipinski definition) is 5. The van der Waals surface area contributed by atoms with Crippen LogP contribution in [0.3, 0.4) is 0 Å². The molecule has 0 spiro atoms. The number of para-hydroxylation sites is 1. The first-order valence-corrected chi connectivity index (χ1v) is 8.39. The van der Waals surface area contributed by atoms with Gasteiger partial charge in [-0.3, -0.25) is 9.89 Å². The third kappa shape index (κ3) is 2.36. The highest BCUT2D eigenvalue weighted by atomic mass is 16.6. The Bertz CT molecular complexity index is 998. The van der Waals surface area contributed by atoms with Gasteiger partial charge in [-0.15, -0.1) is 0 Å². The SMILES string of the molecule is O=C1N[C@H](c2cn[nH]c2-c2ccc3c(c2)OCCO3)Nc2ccccc21. The molecule has 2 aliphatic heterocycles. The van der Waals surface area contributed by atoms with E-state index in [1.165, 1.54) is 0 Å². The third-order valence-corrected chi connectivity index (χ3v) is 4.56. The minimum atomic E-state index is -0.376. The molecule has 2 aliphatic rings. The van der Waals surface area contributed by atoms with Gasteiger partial charge in [0.1, 0.15) is 19.4 Å². The van der Waals surface area contributed by atoms with Crippen LogP contribution in [0.1, 0.15) is 22.1 Å². The maximum absolute atomic E-state index is 12.4. The Hall–Kier alpha value is -3.48. The van der Waals surface area contributed by atoms with E-state index >= 15 is 0 Å². The molecule has 3 N–H and O–H groups in total. The number of benzene rings is 2. The Morgan fingerprint density at radius 2 is 1.85 bits per heavy atom. The zero-order valence-corrected chi connectivity index (χ0v) is 13.8. The van der Waals surface area contributed by atoms with Gasteiger partial charge >= 0.3 is 0 Å². The standard InChI is InChI=1S/C19H16N4O3/c24-19-12-3-1-2-4-14(12)21-18(22-19)13-10-20-23-17(13)11-5-6-15-16(9-11)26-8-7-25-15/h1-6,9-10,18,21H,7-8H2,(H,20,23)(H,22,24)/t18-/m1/s1. The summed E-state index contributed by atoms with van der Waals surface area (Å²) in [5.74, 6) is 1.33. The summed E-state index contributed by atoms with van der Waals surface area (Å²) >= 11 is 0. The molecular formula is C19H16N4O3. The molecule has 1 atom stereocenters. The van der Waals surface area contributed by atoms with Crippen LogP contribution in [-0.2, 0) is 0 Å². The molecule has 3 heterocycles. The molecule has 2 aromatic carbocycles. The third-order valence-electron chi connectivity index (χ3n) is 4.56. The van der Waals surface area contributed by atoms with Gasteiger partial charge in [0, 0.05) is 16.8 Å². The van der Waals surface area contributed by atoms with Crippen molar-refractivity contribution in [3.05, 3.63) is 59.8 Å². The molecule has 5 rings (SSSR count). The molecule has 1 amide bonds. The maximum atomic E-state index is 12.4. The number of hydrogen-bond donors (Lipinski definition) is 3. The van der Waals surface area contributed by atoms with Gasteiger partial charge in [-0.05, 0) is 30.3 Å². The number of aromatic amines is 1. The molecule has 0 bridgehead atoms. The van der Waals surface area contributed by atoms with Crippen LogP contribution >= 0.6 is 0 Å². The largest absolute Gasteiger partial charge is 0.486 e. The Morgan fingerprint density at radius 3 is 2.77 bits per heavy atom. The summed E-state index contributed by atoms with van der Waals surface area (Å²) in [6.07, 6.45) is 1.34. The average molecular weight is 348 g/mol. The summed E-state index contributed by atoms with van der Waals surface area (Å²) in [7, 11) is 0. The van der Waals surface area contributed by atoms with E-state index in [0.717, 1.165) is 28.3 Å². The molecule has 0 saturated carbocycles. The second-order valence-corrected chi connectivity index (χ2v) is 6.16. The summed E-state index contributed by atoms with van der Waals surface area (Å²) in [6, 6.07) is 13.2. The maximum Gasteiger partial charge on any atom is 0.255 e. The second kappa shape index (κ2) is 5.80. The zero-order valence-electron chi connectivity index (χ0n) is 13.8. The van der Waals surface area contributed by atoms with Crippen molar-refractivity contribution in [1.29, 1.82) is 0 Å². The number of carbonyl (C=O) groups is 1. The van der Waals surface area contributed by atoms with Gasteiger partial charge in [0.05, 0.1) is 17.5 Å². The van der Waals surface area contributed by atoms with Crippen LogP contribution in [-0.4, -0.2) is 29.3 Å². The monoisotopic (exact) mass is 348 g/mol. The van der Waals surface area contributed by atoms with E-state index in [1.807, 2.05) is 36.4 Å². The highest BCUT2D eigenvalue weighted by Crippen LogP contribution is 2.37. The molecule has 0 radical (unpaired) electrons. The van der Waals surface area contributed by atoms with Crippen molar-refractivity contribution in [2.45, 2.75) is 6.17 Å². The van der Waals surface area contributed by atoms with E-state index in [4.69, 9.17) is 9.47 Å². The van der Waals surface area contributed by atoms with E-state index in [1.54, 1.807) is 12.3 Å². The Kier molecular flexibility index (Phi) is 3.31. The van der Waals surface area contributed by atoms with Crippen molar-refractivity contribution in [2.75, 3.05) is 18.5 Å². The van der Waals surface area contributed by atoms with Crippen LogP contribution in [0.4, 0.5) is 5.69 Å². The number of nitrogens with one attached hydrogen (secondary N) is 3. The first kappa shape index (κ1) is 14.8. The van der Waals surface area contributed by atoms with Crippen LogP contribution in [0.5, 0.6) is 11.5 Å². The Labute approximate surface area is 149 Å². The van der Waals surface area contributed by atoms with Crippen LogP contribution in [0.15, 0.2) is 48.7 Å². The number of ether oxygens (including phenoxy) is 2. The molecule has 7 nitrogen and oxygen atoms in total. The molecule has 3 aromatic rings. The van der Waals surface area contributed by atoms with E-state index in [0.29, 0.717) is 24.5 Å². The quantitative estimate of drug-likeness (QED) is 0.663. The van der Waals surface area contributed by atoms with Crippen molar-refractivity contribution in [3.8, 4) is 22.8 Å². The number of amides is 1. The first-order valence-electron chi connectivity index (χ1n) is 8.39. The average Bonchev–Trinajstić information content (AvgIpc) is 3.17. The summed E-state index contributed by atoms with van der Waals surface area (Å²) in [6.45, 7) is 1.09. The molecule has 7 heteroatoms.